The molecule has 23 heavy (non-hydrogen) atoms. The Labute approximate surface area is 137 Å². The molecule has 124 valence electrons. The lowest BCUT2D eigenvalue weighted by molar-refractivity contribution is 0.600. The van der Waals surface area contributed by atoms with Crippen LogP contribution in [0, 0.1) is 12.8 Å². The van der Waals surface area contributed by atoms with E-state index in [4.69, 9.17) is 0 Å². The third-order valence-electron chi connectivity index (χ3n) is 3.31. The molecule has 0 unspecified atom stereocenters. The molecule has 0 aliphatic heterocycles. The van der Waals surface area contributed by atoms with Gasteiger partial charge in [-0.1, -0.05) is 32.0 Å². The molecule has 6 nitrogen and oxygen atoms in total. The minimum absolute atomic E-state index is 0.197. The lowest BCUT2D eigenvalue weighted by Crippen LogP contribution is -2.15. The second-order valence-electron chi connectivity index (χ2n) is 5.78. The fourth-order valence-electron chi connectivity index (χ4n) is 2.02. The summed E-state index contributed by atoms with van der Waals surface area (Å²) < 4.78 is 27.2. The predicted octanol–water partition coefficient (Wildman–Crippen LogP) is 3.04. The molecule has 2 N–H and O–H groups in total. The average Bonchev–Trinajstić information content (AvgIpc) is 2.48. The normalized spacial score (nSPS) is 11.5. The Hall–Kier alpha value is -2.15. The minimum atomic E-state index is -3.66. The molecule has 0 saturated carbocycles. The van der Waals surface area contributed by atoms with Gasteiger partial charge in [-0.25, -0.2) is 8.42 Å². The number of hydrogen-bond donors (Lipinski definition) is 2. The van der Waals surface area contributed by atoms with Gasteiger partial charge in [0.15, 0.2) is 5.82 Å². The van der Waals surface area contributed by atoms with Crippen LogP contribution in [-0.2, 0) is 10.0 Å². The van der Waals surface area contributed by atoms with Crippen LogP contribution in [-0.4, -0.2) is 25.2 Å². The second kappa shape index (κ2) is 7.41. The van der Waals surface area contributed by atoms with E-state index in [2.05, 4.69) is 34.1 Å². The maximum Gasteiger partial charge on any atom is 0.263 e. The van der Waals surface area contributed by atoms with E-state index >= 15 is 0 Å². The molecule has 2 aromatic rings. The third-order valence-corrected chi connectivity index (χ3v) is 4.83. The van der Waals surface area contributed by atoms with E-state index in [1.165, 1.54) is 0 Å². The van der Waals surface area contributed by atoms with E-state index in [9.17, 15) is 8.42 Å². The highest BCUT2D eigenvalue weighted by atomic mass is 32.2. The zero-order chi connectivity index (χ0) is 16.9. The highest BCUT2D eigenvalue weighted by Gasteiger charge is 2.17. The van der Waals surface area contributed by atoms with Crippen molar-refractivity contribution in [2.75, 3.05) is 16.6 Å². The standard InChI is InChI=1S/C16H22N4O2S/c1-12(2)10-11-17-15-8-9-16(19-18-15)20-23(21,22)14-7-5-4-6-13(14)3/h4-9,12H,10-11H2,1-3H3,(H,17,18)(H,19,20). The monoisotopic (exact) mass is 334 g/mol. The number of rotatable bonds is 7. The molecule has 2 rings (SSSR count). The first-order chi connectivity index (χ1) is 10.9. The quantitative estimate of drug-likeness (QED) is 0.813. The fraction of sp³-hybridized carbons (Fsp3) is 0.375. The van der Waals surface area contributed by atoms with Crippen LogP contribution in [0.4, 0.5) is 11.6 Å². The summed E-state index contributed by atoms with van der Waals surface area (Å²) in [6.07, 6.45) is 1.03. The van der Waals surface area contributed by atoms with Gasteiger partial charge >= 0.3 is 0 Å². The number of nitrogens with one attached hydrogen (secondary N) is 2. The summed E-state index contributed by atoms with van der Waals surface area (Å²) in [4.78, 5) is 0.237. The van der Waals surface area contributed by atoms with Crippen LogP contribution in [0.2, 0.25) is 0 Å². The molecule has 0 fully saturated rings. The van der Waals surface area contributed by atoms with E-state index in [1.54, 1.807) is 43.3 Å². The molecular weight excluding hydrogens is 312 g/mol. The molecule has 1 heterocycles. The molecular formula is C16H22N4O2S. The Morgan fingerprint density at radius 3 is 2.30 bits per heavy atom. The van der Waals surface area contributed by atoms with Crippen LogP contribution in [0.5, 0.6) is 0 Å². The predicted molar refractivity (Wildman–Crippen MR) is 92.0 cm³/mol. The van der Waals surface area contributed by atoms with Crippen LogP contribution in [0.15, 0.2) is 41.3 Å². The highest BCUT2D eigenvalue weighted by molar-refractivity contribution is 7.92. The molecule has 0 amide bonds. The smallest absolute Gasteiger partial charge is 0.263 e. The topological polar surface area (TPSA) is 84.0 Å². The first kappa shape index (κ1) is 17.2. The van der Waals surface area contributed by atoms with Crippen molar-refractivity contribution in [2.45, 2.75) is 32.1 Å². The van der Waals surface area contributed by atoms with Crippen LogP contribution >= 0.6 is 0 Å². The number of aromatic nitrogens is 2. The molecule has 0 saturated heterocycles. The van der Waals surface area contributed by atoms with Crippen molar-refractivity contribution in [2.24, 2.45) is 5.92 Å². The van der Waals surface area contributed by atoms with Crippen molar-refractivity contribution in [1.29, 1.82) is 0 Å². The molecule has 0 atom stereocenters. The van der Waals surface area contributed by atoms with Gasteiger partial charge in [-0.05, 0) is 43.0 Å². The van der Waals surface area contributed by atoms with Crippen molar-refractivity contribution in [3.63, 3.8) is 0 Å². The Morgan fingerprint density at radius 1 is 1.04 bits per heavy atom. The Balaban J connectivity index is 2.04. The van der Waals surface area contributed by atoms with E-state index in [1.807, 2.05) is 0 Å². The van der Waals surface area contributed by atoms with E-state index < -0.39 is 10.0 Å². The number of sulfonamides is 1. The SMILES string of the molecule is Cc1ccccc1S(=O)(=O)Nc1ccc(NCCC(C)C)nn1. The van der Waals surface area contributed by atoms with Gasteiger partial charge in [-0.15, -0.1) is 10.2 Å². The number of nitrogens with zero attached hydrogens (tertiary/aromatic N) is 2. The van der Waals surface area contributed by atoms with Crippen LogP contribution in [0.25, 0.3) is 0 Å². The highest BCUT2D eigenvalue weighted by Crippen LogP contribution is 2.18. The maximum atomic E-state index is 12.4. The maximum absolute atomic E-state index is 12.4. The Kier molecular flexibility index (Phi) is 5.54. The van der Waals surface area contributed by atoms with Gasteiger partial charge in [0, 0.05) is 6.54 Å². The van der Waals surface area contributed by atoms with E-state index in [-0.39, 0.29) is 10.7 Å². The van der Waals surface area contributed by atoms with Crippen molar-refractivity contribution < 1.29 is 8.42 Å². The van der Waals surface area contributed by atoms with Gasteiger partial charge in [0.1, 0.15) is 5.82 Å². The molecule has 1 aromatic heterocycles. The molecule has 0 aliphatic carbocycles. The van der Waals surface area contributed by atoms with Crippen LogP contribution in [0.3, 0.4) is 0 Å². The van der Waals surface area contributed by atoms with Crippen molar-refractivity contribution in [3.05, 3.63) is 42.0 Å². The van der Waals surface area contributed by atoms with Gasteiger partial charge in [-0.2, -0.15) is 0 Å². The van der Waals surface area contributed by atoms with Crippen molar-refractivity contribution in [3.8, 4) is 0 Å². The summed E-state index contributed by atoms with van der Waals surface area (Å²) in [5, 5.41) is 11.1. The zero-order valence-corrected chi connectivity index (χ0v) is 14.4. The van der Waals surface area contributed by atoms with Crippen LogP contribution < -0.4 is 10.0 Å². The lowest BCUT2D eigenvalue weighted by Gasteiger charge is -2.10. The number of benzene rings is 1. The number of hydrogen-bond acceptors (Lipinski definition) is 5. The van der Waals surface area contributed by atoms with Gasteiger partial charge in [-0.3, -0.25) is 4.72 Å². The Morgan fingerprint density at radius 2 is 1.70 bits per heavy atom. The summed E-state index contributed by atoms with van der Waals surface area (Å²) in [5.41, 5.74) is 0.680. The molecule has 0 radical (unpaired) electrons. The zero-order valence-electron chi connectivity index (χ0n) is 13.6. The summed E-state index contributed by atoms with van der Waals surface area (Å²) in [7, 11) is -3.66. The lowest BCUT2D eigenvalue weighted by atomic mass is 10.1. The number of aryl methyl sites for hydroxylation is 1. The number of anilines is 2. The van der Waals surface area contributed by atoms with Crippen LogP contribution in [0.1, 0.15) is 25.8 Å². The van der Waals surface area contributed by atoms with Gasteiger partial charge in [0.25, 0.3) is 10.0 Å². The van der Waals surface area contributed by atoms with Gasteiger partial charge in [0.2, 0.25) is 0 Å². The molecule has 7 heteroatoms. The average molecular weight is 334 g/mol. The third kappa shape index (κ3) is 4.92. The largest absolute Gasteiger partial charge is 0.369 e. The summed E-state index contributed by atoms with van der Waals surface area (Å²) >= 11 is 0. The molecule has 0 spiro atoms. The minimum Gasteiger partial charge on any atom is -0.369 e. The first-order valence-electron chi connectivity index (χ1n) is 7.54. The summed E-state index contributed by atoms with van der Waals surface area (Å²) in [6, 6.07) is 10.1. The first-order valence-corrected chi connectivity index (χ1v) is 9.03. The fourth-order valence-corrected chi connectivity index (χ4v) is 3.26. The Bertz CT molecular complexity index is 743. The summed E-state index contributed by atoms with van der Waals surface area (Å²) in [5.74, 6) is 1.43. The second-order valence-corrected chi connectivity index (χ2v) is 7.43. The van der Waals surface area contributed by atoms with Gasteiger partial charge in [0.05, 0.1) is 4.90 Å². The molecule has 0 aliphatic rings. The van der Waals surface area contributed by atoms with Crippen molar-refractivity contribution >= 4 is 21.7 Å². The molecule has 1 aromatic carbocycles. The summed E-state index contributed by atoms with van der Waals surface area (Å²) in [6.45, 7) is 6.86. The molecule has 0 bridgehead atoms. The van der Waals surface area contributed by atoms with E-state index in [0.717, 1.165) is 13.0 Å². The van der Waals surface area contributed by atoms with E-state index in [0.29, 0.717) is 17.3 Å². The van der Waals surface area contributed by atoms with Crippen molar-refractivity contribution in [1.82, 2.24) is 10.2 Å². The van der Waals surface area contributed by atoms with Gasteiger partial charge < -0.3 is 5.32 Å².